The summed E-state index contributed by atoms with van der Waals surface area (Å²) in [5.74, 6) is 0.637. The van der Waals surface area contributed by atoms with Crippen molar-refractivity contribution in [2.24, 2.45) is 0 Å². The summed E-state index contributed by atoms with van der Waals surface area (Å²) in [7, 11) is 1.63. The number of hydrogen-bond acceptors (Lipinski definition) is 4. The first-order valence-corrected chi connectivity index (χ1v) is 9.70. The normalized spacial score (nSPS) is 13.1. The first-order chi connectivity index (χ1) is 14.1. The summed E-state index contributed by atoms with van der Waals surface area (Å²) in [5.41, 5.74) is 2.06. The van der Waals surface area contributed by atoms with Crippen molar-refractivity contribution >= 4 is 5.91 Å². The molecule has 1 aromatic heterocycles. The van der Waals surface area contributed by atoms with Crippen LogP contribution in [-0.2, 0) is 13.1 Å². The monoisotopic (exact) mass is 389 g/mol. The van der Waals surface area contributed by atoms with E-state index in [1.54, 1.807) is 7.11 Å². The van der Waals surface area contributed by atoms with E-state index in [0.29, 0.717) is 18.8 Å². The molecule has 0 spiro atoms. The van der Waals surface area contributed by atoms with Crippen LogP contribution in [0.2, 0.25) is 0 Å². The Morgan fingerprint density at radius 2 is 1.76 bits per heavy atom. The SMILES string of the molecule is COc1ccc(CN(C(=O)c2ccc(=O)n(Cc3ccccc3)n2)C2CC2)cc1. The number of ether oxygens (including phenoxy) is 1. The average Bonchev–Trinajstić information content (AvgIpc) is 3.59. The zero-order valence-electron chi connectivity index (χ0n) is 16.3. The molecule has 0 unspecified atom stereocenters. The van der Waals surface area contributed by atoms with Gasteiger partial charge in [-0.15, -0.1) is 0 Å². The Hall–Kier alpha value is -3.41. The molecule has 0 N–H and O–H groups in total. The number of methoxy groups -OCH3 is 1. The van der Waals surface area contributed by atoms with Gasteiger partial charge in [-0.25, -0.2) is 4.68 Å². The molecule has 2 aromatic carbocycles. The highest BCUT2D eigenvalue weighted by Crippen LogP contribution is 2.29. The fourth-order valence-electron chi connectivity index (χ4n) is 3.26. The lowest BCUT2D eigenvalue weighted by molar-refractivity contribution is 0.0721. The minimum atomic E-state index is -0.224. The number of amides is 1. The van der Waals surface area contributed by atoms with E-state index >= 15 is 0 Å². The predicted molar refractivity (Wildman–Crippen MR) is 110 cm³/mol. The van der Waals surface area contributed by atoms with E-state index < -0.39 is 0 Å². The molecule has 0 saturated heterocycles. The van der Waals surface area contributed by atoms with E-state index in [4.69, 9.17) is 4.74 Å². The van der Waals surface area contributed by atoms with Crippen molar-refractivity contribution in [1.82, 2.24) is 14.7 Å². The van der Waals surface area contributed by atoms with Gasteiger partial charge in [0.15, 0.2) is 0 Å². The minimum absolute atomic E-state index is 0.148. The molecule has 29 heavy (non-hydrogen) atoms. The second kappa shape index (κ2) is 8.31. The van der Waals surface area contributed by atoms with Crippen molar-refractivity contribution in [1.29, 1.82) is 0 Å². The lowest BCUT2D eigenvalue weighted by Gasteiger charge is -2.22. The Bertz CT molecular complexity index is 1040. The van der Waals surface area contributed by atoms with Crippen LogP contribution in [0.3, 0.4) is 0 Å². The Labute approximate surface area is 169 Å². The second-order valence-electron chi connectivity index (χ2n) is 7.21. The molecule has 6 heteroatoms. The molecule has 148 valence electrons. The number of hydrogen-bond donors (Lipinski definition) is 0. The molecule has 3 aromatic rings. The molecule has 1 aliphatic rings. The number of nitrogens with zero attached hydrogens (tertiary/aromatic N) is 3. The van der Waals surface area contributed by atoms with Crippen molar-refractivity contribution in [2.75, 3.05) is 7.11 Å². The van der Waals surface area contributed by atoms with E-state index in [1.165, 1.54) is 16.8 Å². The van der Waals surface area contributed by atoms with Crippen LogP contribution < -0.4 is 10.3 Å². The van der Waals surface area contributed by atoms with Crippen LogP contribution in [-0.4, -0.2) is 33.7 Å². The zero-order chi connectivity index (χ0) is 20.2. The molecule has 6 nitrogen and oxygen atoms in total. The number of carbonyl (C=O) groups is 1. The van der Waals surface area contributed by atoms with Gasteiger partial charge in [0.1, 0.15) is 11.4 Å². The molecular weight excluding hydrogens is 366 g/mol. The van der Waals surface area contributed by atoms with Gasteiger partial charge in [0.25, 0.3) is 11.5 Å². The third-order valence-corrected chi connectivity index (χ3v) is 5.02. The van der Waals surface area contributed by atoms with Gasteiger partial charge in [0, 0.05) is 18.7 Å². The Kier molecular flexibility index (Phi) is 5.42. The van der Waals surface area contributed by atoms with Crippen LogP contribution in [0.15, 0.2) is 71.5 Å². The van der Waals surface area contributed by atoms with Crippen LogP contribution in [0.25, 0.3) is 0 Å². The first kappa shape index (κ1) is 18.9. The van der Waals surface area contributed by atoms with Crippen molar-refractivity contribution < 1.29 is 9.53 Å². The van der Waals surface area contributed by atoms with Crippen LogP contribution in [0.5, 0.6) is 5.75 Å². The third kappa shape index (κ3) is 4.54. The van der Waals surface area contributed by atoms with Crippen molar-refractivity contribution in [3.05, 3.63) is 93.9 Å². The summed E-state index contributed by atoms with van der Waals surface area (Å²) in [6.07, 6.45) is 1.98. The predicted octanol–water partition coefficient (Wildman–Crippen LogP) is 3.11. The zero-order valence-corrected chi connectivity index (χ0v) is 16.3. The summed E-state index contributed by atoms with van der Waals surface area (Å²) in [4.78, 5) is 27.3. The Morgan fingerprint density at radius 3 is 2.41 bits per heavy atom. The van der Waals surface area contributed by atoms with Crippen molar-refractivity contribution in [2.45, 2.75) is 32.0 Å². The average molecular weight is 389 g/mol. The molecule has 1 heterocycles. The number of aromatic nitrogens is 2. The van der Waals surface area contributed by atoms with Gasteiger partial charge >= 0.3 is 0 Å². The smallest absolute Gasteiger partial charge is 0.274 e. The molecule has 0 radical (unpaired) electrons. The molecule has 1 saturated carbocycles. The van der Waals surface area contributed by atoms with Crippen LogP contribution in [0.4, 0.5) is 0 Å². The lowest BCUT2D eigenvalue weighted by atomic mass is 10.2. The summed E-state index contributed by atoms with van der Waals surface area (Å²) < 4.78 is 6.55. The molecule has 4 rings (SSSR count). The molecule has 1 amide bonds. The number of rotatable bonds is 7. The van der Waals surface area contributed by atoms with Crippen LogP contribution >= 0.6 is 0 Å². The first-order valence-electron chi connectivity index (χ1n) is 9.70. The van der Waals surface area contributed by atoms with E-state index in [0.717, 1.165) is 29.7 Å². The topological polar surface area (TPSA) is 64.4 Å². The maximum absolute atomic E-state index is 13.2. The van der Waals surface area contributed by atoms with Crippen molar-refractivity contribution in [3.8, 4) is 5.75 Å². The highest BCUT2D eigenvalue weighted by atomic mass is 16.5. The van der Waals surface area contributed by atoms with Gasteiger partial charge in [0.2, 0.25) is 0 Å². The van der Waals surface area contributed by atoms with Gasteiger partial charge in [0.05, 0.1) is 13.7 Å². The van der Waals surface area contributed by atoms with Gasteiger partial charge in [-0.05, 0) is 42.2 Å². The molecular formula is C23H23N3O3. The van der Waals surface area contributed by atoms with Crippen LogP contribution in [0.1, 0.15) is 34.5 Å². The van der Waals surface area contributed by atoms with Gasteiger partial charge in [-0.3, -0.25) is 9.59 Å². The molecule has 1 fully saturated rings. The number of carbonyl (C=O) groups excluding carboxylic acids is 1. The molecule has 0 aliphatic heterocycles. The van der Waals surface area contributed by atoms with Crippen LogP contribution in [0, 0.1) is 0 Å². The maximum Gasteiger partial charge on any atom is 0.274 e. The van der Waals surface area contributed by atoms with E-state index in [-0.39, 0.29) is 17.5 Å². The van der Waals surface area contributed by atoms with Gasteiger partial charge < -0.3 is 9.64 Å². The van der Waals surface area contributed by atoms with E-state index in [9.17, 15) is 9.59 Å². The Morgan fingerprint density at radius 1 is 1.03 bits per heavy atom. The minimum Gasteiger partial charge on any atom is -0.497 e. The quantitative estimate of drug-likeness (QED) is 0.623. The fraction of sp³-hybridized carbons (Fsp3) is 0.261. The maximum atomic E-state index is 13.2. The summed E-state index contributed by atoms with van der Waals surface area (Å²) in [6, 6.07) is 20.5. The summed E-state index contributed by atoms with van der Waals surface area (Å²) >= 11 is 0. The largest absolute Gasteiger partial charge is 0.497 e. The molecule has 0 bridgehead atoms. The van der Waals surface area contributed by atoms with Gasteiger partial charge in [-0.1, -0.05) is 42.5 Å². The van der Waals surface area contributed by atoms with Crippen molar-refractivity contribution in [3.63, 3.8) is 0 Å². The number of benzene rings is 2. The lowest BCUT2D eigenvalue weighted by Crippen LogP contribution is -2.35. The molecule has 0 atom stereocenters. The summed E-state index contributed by atoms with van der Waals surface area (Å²) in [5, 5.41) is 4.36. The Balaban J connectivity index is 1.56. The summed E-state index contributed by atoms with van der Waals surface area (Å²) in [6.45, 7) is 0.843. The standard InChI is InChI=1S/C23H23N3O3/c1-29-20-11-7-18(8-12-20)15-25(19-9-10-19)23(28)21-13-14-22(27)26(24-21)16-17-5-3-2-4-6-17/h2-8,11-14,19H,9-10,15-16H2,1H3. The highest BCUT2D eigenvalue weighted by Gasteiger charge is 2.33. The fourth-order valence-corrected chi connectivity index (χ4v) is 3.26. The van der Waals surface area contributed by atoms with E-state index in [1.807, 2.05) is 59.5 Å². The van der Waals surface area contributed by atoms with E-state index in [2.05, 4.69) is 5.10 Å². The molecule has 1 aliphatic carbocycles. The van der Waals surface area contributed by atoms with Gasteiger partial charge in [-0.2, -0.15) is 5.10 Å². The second-order valence-corrected chi connectivity index (χ2v) is 7.21. The highest BCUT2D eigenvalue weighted by molar-refractivity contribution is 5.92. The third-order valence-electron chi connectivity index (χ3n) is 5.02.